The molecule has 2 atom stereocenters. The number of carbonyl (C=O) groups excluding carboxylic acids is 1. The van der Waals surface area contributed by atoms with Crippen molar-refractivity contribution in [2.75, 3.05) is 19.7 Å². The molecule has 1 amide bonds. The molecule has 106 valence electrons. The first-order valence-electron chi connectivity index (χ1n) is 7.07. The minimum absolute atomic E-state index is 0.150. The van der Waals surface area contributed by atoms with Crippen molar-refractivity contribution in [2.24, 2.45) is 11.8 Å². The maximum atomic E-state index is 12.1. The summed E-state index contributed by atoms with van der Waals surface area (Å²) in [7, 11) is 0. The Morgan fingerprint density at radius 1 is 1.33 bits per heavy atom. The fraction of sp³-hybridized carbons (Fsp3) is 0.929. The fourth-order valence-electron chi connectivity index (χ4n) is 2.26. The third kappa shape index (κ3) is 4.84. The maximum Gasteiger partial charge on any atom is 0.410 e. The first-order valence-corrected chi connectivity index (χ1v) is 7.07. The lowest BCUT2D eigenvalue weighted by atomic mass is 10.00. The summed E-state index contributed by atoms with van der Waals surface area (Å²) in [5.74, 6) is 0.975. The van der Waals surface area contributed by atoms with Gasteiger partial charge in [0.25, 0.3) is 0 Å². The van der Waals surface area contributed by atoms with Crippen LogP contribution in [0.3, 0.4) is 0 Å². The van der Waals surface area contributed by atoms with Crippen molar-refractivity contribution in [3.63, 3.8) is 0 Å². The van der Waals surface area contributed by atoms with Gasteiger partial charge in [0.1, 0.15) is 0 Å². The average Bonchev–Trinajstić information content (AvgIpc) is 2.27. The molecule has 1 aliphatic heterocycles. The van der Waals surface area contributed by atoms with E-state index in [9.17, 15) is 4.79 Å². The van der Waals surface area contributed by atoms with E-state index in [-0.39, 0.29) is 12.1 Å². The lowest BCUT2D eigenvalue weighted by Crippen LogP contribution is -2.57. The van der Waals surface area contributed by atoms with Crippen LogP contribution in [0.5, 0.6) is 0 Å². The molecule has 1 aliphatic rings. The summed E-state index contributed by atoms with van der Waals surface area (Å²) in [6.07, 6.45) is 0.874. The topological polar surface area (TPSA) is 41.6 Å². The monoisotopic (exact) mass is 256 g/mol. The predicted molar refractivity (Wildman–Crippen MR) is 73.6 cm³/mol. The molecule has 0 saturated carbocycles. The standard InChI is InChI=1S/C14H28N2O2/c1-10(2)6-13-7-15-12(5)8-16(13)14(17)18-9-11(3)4/h10-13,15H,6-9H2,1-5H3. The molecule has 1 saturated heterocycles. The van der Waals surface area contributed by atoms with Gasteiger partial charge in [0, 0.05) is 25.2 Å². The quantitative estimate of drug-likeness (QED) is 0.840. The number of carbonyl (C=O) groups is 1. The number of nitrogens with one attached hydrogen (secondary N) is 1. The molecular formula is C14H28N2O2. The second-order valence-corrected chi connectivity index (χ2v) is 6.22. The summed E-state index contributed by atoms with van der Waals surface area (Å²) >= 11 is 0. The van der Waals surface area contributed by atoms with E-state index in [4.69, 9.17) is 4.74 Å². The number of amides is 1. The molecule has 4 nitrogen and oxygen atoms in total. The van der Waals surface area contributed by atoms with E-state index < -0.39 is 0 Å². The van der Waals surface area contributed by atoms with Crippen LogP contribution in [0.1, 0.15) is 41.0 Å². The first-order chi connectivity index (χ1) is 8.40. The van der Waals surface area contributed by atoms with Crippen LogP contribution in [0.2, 0.25) is 0 Å². The Morgan fingerprint density at radius 3 is 2.56 bits per heavy atom. The predicted octanol–water partition coefficient (Wildman–Crippen LogP) is 2.49. The van der Waals surface area contributed by atoms with E-state index in [1.165, 1.54) is 0 Å². The van der Waals surface area contributed by atoms with Crippen LogP contribution in [0, 0.1) is 11.8 Å². The maximum absolute atomic E-state index is 12.1. The van der Waals surface area contributed by atoms with Gasteiger partial charge in [-0.15, -0.1) is 0 Å². The molecule has 0 aromatic rings. The summed E-state index contributed by atoms with van der Waals surface area (Å²) in [6.45, 7) is 12.7. The second-order valence-electron chi connectivity index (χ2n) is 6.22. The van der Waals surface area contributed by atoms with Crippen LogP contribution in [-0.2, 0) is 4.74 Å². The number of hydrogen-bond acceptors (Lipinski definition) is 3. The largest absolute Gasteiger partial charge is 0.449 e. The van der Waals surface area contributed by atoms with Crippen LogP contribution in [-0.4, -0.2) is 42.8 Å². The Hall–Kier alpha value is -0.770. The van der Waals surface area contributed by atoms with Gasteiger partial charge in [0.2, 0.25) is 0 Å². The van der Waals surface area contributed by atoms with E-state index in [0.29, 0.717) is 24.5 Å². The highest BCUT2D eigenvalue weighted by Gasteiger charge is 2.31. The van der Waals surface area contributed by atoms with Gasteiger partial charge >= 0.3 is 6.09 Å². The number of hydrogen-bond donors (Lipinski definition) is 1. The van der Waals surface area contributed by atoms with Gasteiger partial charge in [-0.2, -0.15) is 0 Å². The molecule has 0 aromatic carbocycles. The van der Waals surface area contributed by atoms with E-state index in [1.54, 1.807) is 0 Å². The molecule has 1 N–H and O–H groups in total. The van der Waals surface area contributed by atoms with Crippen molar-refractivity contribution in [1.29, 1.82) is 0 Å². The fourth-order valence-corrected chi connectivity index (χ4v) is 2.26. The van der Waals surface area contributed by atoms with Gasteiger partial charge in [0.15, 0.2) is 0 Å². The van der Waals surface area contributed by atoms with E-state index in [1.807, 2.05) is 4.90 Å². The van der Waals surface area contributed by atoms with Gasteiger partial charge in [-0.05, 0) is 25.2 Å². The lowest BCUT2D eigenvalue weighted by Gasteiger charge is -2.39. The van der Waals surface area contributed by atoms with Crippen molar-refractivity contribution in [3.05, 3.63) is 0 Å². The normalized spacial score (nSPS) is 24.7. The third-order valence-electron chi connectivity index (χ3n) is 3.13. The highest BCUT2D eigenvalue weighted by molar-refractivity contribution is 5.68. The molecule has 0 aromatic heterocycles. The zero-order chi connectivity index (χ0) is 13.7. The lowest BCUT2D eigenvalue weighted by molar-refractivity contribution is 0.0573. The number of ether oxygens (including phenoxy) is 1. The highest BCUT2D eigenvalue weighted by Crippen LogP contribution is 2.16. The smallest absolute Gasteiger partial charge is 0.410 e. The number of nitrogens with zero attached hydrogens (tertiary/aromatic N) is 1. The first kappa shape index (κ1) is 15.3. The molecule has 1 fully saturated rings. The van der Waals surface area contributed by atoms with Crippen LogP contribution >= 0.6 is 0 Å². The Balaban J connectivity index is 2.57. The molecule has 1 rings (SSSR count). The van der Waals surface area contributed by atoms with Crippen molar-refractivity contribution >= 4 is 6.09 Å². The van der Waals surface area contributed by atoms with Crippen LogP contribution in [0.25, 0.3) is 0 Å². The van der Waals surface area contributed by atoms with Gasteiger partial charge < -0.3 is 15.0 Å². The van der Waals surface area contributed by atoms with Crippen LogP contribution in [0.4, 0.5) is 4.79 Å². The molecule has 4 heteroatoms. The third-order valence-corrected chi connectivity index (χ3v) is 3.13. The van der Waals surface area contributed by atoms with E-state index in [0.717, 1.165) is 19.5 Å². The minimum Gasteiger partial charge on any atom is -0.449 e. The summed E-state index contributed by atoms with van der Waals surface area (Å²) in [4.78, 5) is 14.0. The molecule has 0 spiro atoms. The van der Waals surface area contributed by atoms with Gasteiger partial charge in [-0.3, -0.25) is 0 Å². The zero-order valence-corrected chi connectivity index (χ0v) is 12.4. The molecule has 0 radical (unpaired) electrons. The van der Waals surface area contributed by atoms with Crippen molar-refractivity contribution in [3.8, 4) is 0 Å². The van der Waals surface area contributed by atoms with Crippen molar-refractivity contribution < 1.29 is 9.53 Å². The van der Waals surface area contributed by atoms with E-state index >= 15 is 0 Å². The molecule has 0 bridgehead atoms. The molecule has 18 heavy (non-hydrogen) atoms. The highest BCUT2D eigenvalue weighted by atomic mass is 16.6. The zero-order valence-electron chi connectivity index (χ0n) is 12.4. The molecule has 2 unspecified atom stereocenters. The summed E-state index contributed by atoms with van der Waals surface area (Å²) in [5, 5.41) is 3.44. The average molecular weight is 256 g/mol. The number of rotatable bonds is 4. The van der Waals surface area contributed by atoms with Crippen LogP contribution < -0.4 is 5.32 Å². The minimum atomic E-state index is -0.150. The Kier molecular flexibility index (Phi) is 5.93. The number of piperazine rings is 1. The molecule has 1 heterocycles. The van der Waals surface area contributed by atoms with Gasteiger partial charge in [0.05, 0.1) is 6.61 Å². The van der Waals surface area contributed by atoms with Gasteiger partial charge in [-0.25, -0.2) is 4.79 Å². The summed E-state index contributed by atoms with van der Waals surface area (Å²) < 4.78 is 5.36. The molecular weight excluding hydrogens is 228 g/mol. The summed E-state index contributed by atoms with van der Waals surface area (Å²) in [6, 6.07) is 0.612. The Morgan fingerprint density at radius 2 is 2.00 bits per heavy atom. The SMILES string of the molecule is CC(C)COC(=O)N1CC(C)NCC1CC(C)C. The van der Waals surface area contributed by atoms with Gasteiger partial charge in [-0.1, -0.05) is 27.7 Å². The van der Waals surface area contributed by atoms with Crippen molar-refractivity contribution in [1.82, 2.24) is 10.2 Å². The molecule has 0 aliphatic carbocycles. The van der Waals surface area contributed by atoms with E-state index in [2.05, 4.69) is 39.9 Å². The second kappa shape index (κ2) is 6.98. The Bertz CT molecular complexity index is 267. The van der Waals surface area contributed by atoms with Crippen molar-refractivity contribution in [2.45, 2.75) is 53.1 Å². The summed E-state index contributed by atoms with van der Waals surface area (Å²) in [5.41, 5.74) is 0. The Labute approximate surface area is 111 Å². The van der Waals surface area contributed by atoms with Crippen LogP contribution in [0.15, 0.2) is 0 Å².